The molecule has 3 nitrogen and oxygen atoms in total. The first-order valence-corrected chi connectivity index (χ1v) is 8.50. The lowest BCUT2D eigenvalue weighted by Gasteiger charge is -2.37. The Morgan fingerprint density at radius 1 is 1.38 bits per heavy atom. The number of rotatable bonds is 6. The van der Waals surface area contributed by atoms with Crippen LogP contribution >= 0.6 is 0 Å². The van der Waals surface area contributed by atoms with Gasteiger partial charge in [0.25, 0.3) is 0 Å². The lowest BCUT2D eigenvalue weighted by molar-refractivity contribution is 0.0983. The molecule has 2 heterocycles. The standard InChI is InChI=1S/C18H32N2O/c1-13(2)10-19-11-17-9-18(21-16(17)5)12-20-8-6-7-14(3)15(20)4/h9,13-15,19H,6-8,10-12H2,1-5H3. The van der Waals surface area contributed by atoms with Gasteiger partial charge < -0.3 is 9.73 Å². The van der Waals surface area contributed by atoms with Crippen LogP contribution < -0.4 is 5.32 Å². The summed E-state index contributed by atoms with van der Waals surface area (Å²) in [7, 11) is 0. The van der Waals surface area contributed by atoms with Crippen LogP contribution in [-0.4, -0.2) is 24.0 Å². The molecule has 21 heavy (non-hydrogen) atoms. The average molecular weight is 292 g/mol. The monoisotopic (exact) mass is 292 g/mol. The van der Waals surface area contributed by atoms with Gasteiger partial charge in [-0.05, 0) is 57.7 Å². The van der Waals surface area contributed by atoms with Crippen LogP contribution in [-0.2, 0) is 13.1 Å². The van der Waals surface area contributed by atoms with Crippen LogP contribution in [0.4, 0.5) is 0 Å². The van der Waals surface area contributed by atoms with Gasteiger partial charge in [0.05, 0.1) is 6.54 Å². The Labute approximate surface area is 130 Å². The van der Waals surface area contributed by atoms with Gasteiger partial charge in [0.2, 0.25) is 0 Å². The van der Waals surface area contributed by atoms with E-state index in [1.807, 2.05) is 0 Å². The van der Waals surface area contributed by atoms with E-state index in [1.54, 1.807) is 0 Å². The van der Waals surface area contributed by atoms with Crippen molar-refractivity contribution < 1.29 is 4.42 Å². The Kier molecular flexibility index (Phi) is 5.88. The second-order valence-corrected chi connectivity index (χ2v) is 7.15. The molecule has 0 amide bonds. The number of piperidine rings is 1. The van der Waals surface area contributed by atoms with Crippen molar-refractivity contribution in [1.29, 1.82) is 0 Å². The zero-order valence-corrected chi connectivity index (χ0v) is 14.4. The molecule has 0 spiro atoms. The number of hydrogen-bond acceptors (Lipinski definition) is 3. The Morgan fingerprint density at radius 2 is 2.14 bits per heavy atom. The number of furan rings is 1. The van der Waals surface area contributed by atoms with Crippen molar-refractivity contribution >= 4 is 0 Å². The molecule has 1 aliphatic heterocycles. The molecule has 2 atom stereocenters. The zero-order valence-electron chi connectivity index (χ0n) is 14.4. The summed E-state index contributed by atoms with van der Waals surface area (Å²) in [5.41, 5.74) is 1.31. The molecule has 0 aromatic carbocycles. The van der Waals surface area contributed by atoms with Crippen molar-refractivity contribution in [2.75, 3.05) is 13.1 Å². The number of hydrogen-bond donors (Lipinski definition) is 1. The summed E-state index contributed by atoms with van der Waals surface area (Å²) in [6.45, 7) is 15.4. The van der Waals surface area contributed by atoms with Crippen LogP contribution in [0, 0.1) is 18.8 Å². The van der Waals surface area contributed by atoms with E-state index >= 15 is 0 Å². The van der Waals surface area contributed by atoms with Gasteiger partial charge >= 0.3 is 0 Å². The number of likely N-dealkylation sites (tertiary alicyclic amines) is 1. The third kappa shape index (κ3) is 4.58. The van der Waals surface area contributed by atoms with E-state index in [9.17, 15) is 0 Å². The van der Waals surface area contributed by atoms with Gasteiger partial charge in [0.15, 0.2) is 0 Å². The van der Waals surface area contributed by atoms with Gasteiger partial charge in [-0.2, -0.15) is 0 Å². The normalized spacial score (nSPS) is 23.9. The fraction of sp³-hybridized carbons (Fsp3) is 0.778. The molecule has 3 heteroatoms. The minimum Gasteiger partial charge on any atom is -0.465 e. The van der Waals surface area contributed by atoms with Crippen LogP contribution in [0.3, 0.4) is 0 Å². The zero-order chi connectivity index (χ0) is 15.4. The van der Waals surface area contributed by atoms with Gasteiger partial charge in [0.1, 0.15) is 11.5 Å². The molecule has 0 aliphatic carbocycles. The highest BCUT2D eigenvalue weighted by Crippen LogP contribution is 2.25. The maximum Gasteiger partial charge on any atom is 0.118 e. The Morgan fingerprint density at radius 3 is 2.86 bits per heavy atom. The van der Waals surface area contributed by atoms with E-state index in [2.05, 4.69) is 50.9 Å². The summed E-state index contributed by atoms with van der Waals surface area (Å²) in [5, 5.41) is 3.50. The van der Waals surface area contributed by atoms with Crippen molar-refractivity contribution in [2.45, 2.75) is 66.6 Å². The molecule has 1 fully saturated rings. The molecule has 120 valence electrons. The van der Waals surface area contributed by atoms with Crippen molar-refractivity contribution in [3.05, 3.63) is 23.2 Å². The molecule has 1 saturated heterocycles. The summed E-state index contributed by atoms with van der Waals surface area (Å²) in [6.07, 6.45) is 2.67. The summed E-state index contributed by atoms with van der Waals surface area (Å²) >= 11 is 0. The highest BCUT2D eigenvalue weighted by atomic mass is 16.3. The molecule has 0 bridgehead atoms. The molecule has 1 aliphatic rings. The molecule has 1 aromatic heterocycles. The van der Waals surface area contributed by atoms with Gasteiger partial charge in [-0.3, -0.25) is 4.90 Å². The molecule has 0 saturated carbocycles. The summed E-state index contributed by atoms with van der Waals surface area (Å²) in [5.74, 6) is 3.67. The first kappa shape index (κ1) is 16.6. The van der Waals surface area contributed by atoms with Crippen LogP contribution in [0.5, 0.6) is 0 Å². The topological polar surface area (TPSA) is 28.4 Å². The third-order valence-electron chi connectivity index (χ3n) is 4.80. The second-order valence-electron chi connectivity index (χ2n) is 7.15. The first-order valence-electron chi connectivity index (χ1n) is 8.50. The second kappa shape index (κ2) is 7.46. The van der Waals surface area contributed by atoms with E-state index in [-0.39, 0.29) is 0 Å². The largest absolute Gasteiger partial charge is 0.465 e. The molecule has 1 aromatic rings. The number of aryl methyl sites for hydroxylation is 1. The fourth-order valence-corrected chi connectivity index (χ4v) is 3.18. The summed E-state index contributed by atoms with van der Waals surface area (Å²) in [4.78, 5) is 2.57. The molecular formula is C18H32N2O. The van der Waals surface area contributed by atoms with Crippen molar-refractivity contribution in [3.63, 3.8) is 0 Å². The van der Waals surface area contributed by atoms with Crippen molar-refractivity contribution in [1.82, 2.24) is 10.2 Å². The quantitative estimate of drug-likeness (QED) is 0.860. The Balaban J connectivity index is 1.92. The summed E-state index contributed by atoms with van der Waals surface area (Å²) < 4.78 is 5.98. The van der Waals surface area contributed by atoms with E-state index < -0.39 is 0 Å². The lowest BCUT2D eigenvalue weighted by atomic mass is 9.92. The molecule has 1 N–H and O–H groups in total. The number of nitrogens with zero attached hydrogens (tertiary/aromatic N) is 1. The van der Waals surface area contributed by atoms with Gasteiger partial charge in [0, 0.05) is 18.2 Å². The first-order chi connectivity index (χ1) is 9.97. The van der Waals surface area contributed by atoms with E-state index in [0.29, 0.717) is 12.0 Å². The maximum absolute atomic E-state index is 5.98. The Hall–Kier alpha value is -0.800. The van der Waals surface area contributed by atoms with Crippen molar-refractivity contribution in [3.8, 4) is 0 Å². The van der Waals surface area contributed by atoms with Gasteiger partial charge in [-0.1, -0.05) is 20.8 Å². The lowest BCUT2D eigenvalue weighted by Crippen LogP contribution is -2.41. The third-order valence-corrected chi connectivity index (χ3v) is 4.80. The molecule has 2 rings (SSSR count). The van der Waals surface area contributed by atoms with E-state index in [1.165, 1.54) is 24.9 Å². The molecule has 2 unspecified atom stereocenters. The smallest absolute Gasteiger partial charge is 0.118 e. The van der Waals surface area contributed by atoms with Gasteiger partial charge in [-0.25, -0.2) is 0 Å². The summed E-state index contributed by atoms with van der Waals surface area (Å²) in [6, 6.07) is 2.90. The fourth-order valence-electron chi connectivity index (χ4n) is 3.18. The molecule has 0 radical (unpaired) electrons. The SMILES string of the molecule is Cc1oc(CN2CCCC(C)C2C)cc1CNCC(C)C. The minimum atomic E-state index is 0.659. The van der Waals surface area contributed by atoms with E-state index in [0.717, 1.165) is 37.1 Å². The van der Waals surface area contributed by atoms with Crippen LogP contribution in [0.2, 0.25) is 0 Å². The highest BCUT2D eigenvalue weighted by Gasteiger charge is 2.25. The van der Waals surface area contributed by atoms with Crippen LogP contribution in [0.15, 0.2) is 10.5 Å². The average Bonchev–Trinajstić information content (AvgIpc) is 2.75. The van der Waals surface area contributed by atoms with Crippen molar-refractivity contribution in [2.24, 2.45) is 11.8 Å². The van der Waals surface area contributed by atoms with Crippen LogP contribution in [0.1, 0.15) is 57.6 Å². The molecular weight excluding hydrogens is 260 g/mol. The minimum absolute atomic E-state index is 0.659. The number of nitrogens with one attached hydrogen (secondary N) is 1. The predicted octanol–water partition coefficient (Wildman–Crippen LogP) is 3.95. The maximum atomic E-state index is 5.98. The van der Waals surface area contributed by atoms with E-state index in [4.69, 9.17) is 4.42 Å². The highest BCUT2D eigenvalue weighted by molar-refractivity contribution is 5.20. The van der Waals surface area contributed by atoms with Crippen LogP contribution in [0.25, 0.3) is 0 Å². The van der Waals surface area contributed by atoms with Gasteiger partial charge in [-0.15, -0.1) is 0 Å². The predicted molar refractivity (Wildman–Crippen MR) is 88.3 cm³/mol. The Bertz CT molecular complexity index is 438.